The van der Waals surface area contributed by atoms with Crippen molar-refractivity contribution in [1.29, 1.82) is 0 Å². The maximum Gasteiger partial charge on any atom is 0.271 e. The van der Waals surface area contributed by atoms with Crippen molar-refractivity contribution in [2.75, 3.05) is 5.32 Å². The van der Waals surface area contributed by atoms with Gasteiger partial charge in [0, 0.05) is 23.7 Å². The number of nitrogens with zero attached hydrogens (tertiary/aromatic N) is 1. The number of hydrogen-bond acceptors (Lipinski definition) is 4. The molecule has 0 spiro atoms. The average Bonchev–Trinajstić information content (AvgIpc) is 2.75. The lowest BCUT2D eigenvalue weighted by Crippen LogP contribution is -2.18. The molecule has 2 N–H and O–H groups in total. The lowest BCUT2D eigenvalue weighted by Gasteiger charge is -2.09. The van der Waals surface area contributed by atoms with Gasteiger partial charge in [0.05, 0.1) is 16.3 Å². The first-order chi connectivity index (χ1) is 14.9. The Morgan fingerprint density at radius 1 is 1.00 bits per heavy atom. The summed E-state index contributed by atoms with van der Waals surface area (Å²) in [5.74, 6) is -0.0232. The van der Waals surface area contributed by atoms with E-state index in [2.05, 4.69) is 15.8 Å². The van der Waals surface area contributed by atoms with Gasteiger partial charge >= 0.3 is 0 Å². The highest BCUT2D eigenvalue weighted by Gasteiger charge is 2.07. The quantitative estimate of drug-likeness (QED) is 0.374. The van der Waals surface area contributed by atoms with E-state index in [1.165, 1.54) is 13.1 Å². The maximum absolute atomic E-state index is 12.3. The number of amides is 2. The molecule has 0 saturated heterocycles. The molecule has 158 valence electrons. The molecule has 3 rings (SSSR count). The number of anilines is 1. The summed E-state index contributed by atoms with van der Waals surface area (Å²) >= 11 is 12.0. The first-order valence-electron chi connectivity index (χ1n) is 9.29. The third kappa shape index (κ3) is 6.57. The monoisotopic (exact) mass is 455 g/mol. The van der Waals surface area contributed by atoms with Gasteiger partial charge in [-0.25, -0.2) is 5.43 Å². The van der Waals surface area contributed by atoms with Crippen LogP contribution in [0.4, 0.5) is 5.69 Å². The lowest BCUT2D eigenvalue weighted by molar-refractivity contribution is -0.114. The summed E-state index contributed by atoms with van der Waals surface area (Å²) in [7, 11) is 0. The minimum Gasteiger partial charge on any atom is -0.488 e. The van der Waals surface area contributed by atoms with Gasteiger partial charge < -0.3 is 10.1 Å². The second-order valence-corrected chi connectivity index (χ2v) is 7.35. The SMILES string of the molecule is CC(=O)Nc1cccc(C(=O)N/N=C\c2ccccc2OCc2ccc(Cl)c(Cl)c2)c1. The van der Waals surface area contributed by atoms with Crippen molar-refractivity contribution in [3.8, 4) is 5.75 Å². The Bertz CT molecular complexity index is 1130. The van der Waals surface area contributed by atoms with Gasteiger partial charge in [-0.3, -0.25) is 9.59 Å². The van der Waals surface area contributed by atoms with Crippen molar-refractivity contribution in [3.63, 3.8) is 0 Å². The highest BCUT2D eigenvalue weighted by Crippen LogP contribution is 2.24. The number of hydrazone groups is 1. The zero-order valence-electron chi connectivity index (χ0n) is 16.6. The van der Waals surface area contributed by atoms with Gasteiger partial charge in [0.15, 0.2) is 0 Å². The van der Waals surface area contributed by atoms with E-state index in [0.717, 1.165) is 5.56 Å². The molecule has 0 atom stereocenters. The molecule has 0 heterocycles. The van der Waals surface area contributed by atoms with Crippen LogP contribution in [0.3, 0.4) is 0 Å². The summed E-state index contributed by atoms with van der Waals surface area (Å²) in [5.41, 5.74) is 4.93. The van der Waals surface area contributed by atoms with Crippen LogP contribution in [-0.4, -0.2) is 18.0 Å². The van der Waals surface area contributed by atoms with Crippen molar-refractivity contribution < 1.29 is 14.3 Å². The molecule has 2 amide bonds. The molecule has 0 fully saturated rings. The number of carbonyl (C=O) groups is 2. The van der Waals surface area contributed by atoms with E-state index in [0.29, 0.717) is 39.2 Å². The van der Waals surface area contributed by atoms with E-state index in [4.69, 9.17) is 27.9 Å². The number of ether oxygens (including phenoxy) is 1. The summed E-state index contributed by atoms with van der Waals surface area (Å²) in [6, 6.07) is 19.2. The van der Waals surface area contributed by atoms with Crippen molar-refractivity contribution in [1.82, 2.24) is 5.43 Å². The topological polar surface area (TPSA) is 79.8 Å². The molecule has 6 nitrogen and oxygen atoms in total. The number of nitrogens with one attached hydrogen (secondary N) is 2. The van der Waals surface area contributed by atoms with Crippen LogP contribution in [0.25, 0.3) is 0 Å². The summed E-state index contributed by atoms with van der Waals surface area (Å²) in [4.78, 5) is 23.5. The van der Waals surface area contributed by atoms with Crippen LogP contribution in [0.15, 0.2) is 71.8 Å². The van der Waals surface area contributed by atoms with Crippen LogP contribution in [0, 0.1) is 0 Å². The fraction of sp³-hybridized carbons (Fsp3) is 0.0870. The highest BCUT2D eigenvalue weighted by atomic mass is 35.5. The Labute approximate surface area is 189 Å². The Morgan fingerprint density at radius 2 is 1.81 bits per heavy atom. The maximum atomic E-state index is 12.3. The minimum atomic E-state index is -0.405. The number of carbonyl (C=O) groups excluding carboxylic acids is 2. The molecule has 31 heavy (non-hydrogen) atoms. The summed E-state index contributed by atoms with van der Waals surface area (Å²) in [6.45, 7) is 1.70. The molecule has 0 aromatic heterocycles. The molecule has 0 radical (unpaired) electrons. The van der Waals surface area contributed by atoms with Gasteiger partial charge in [-0.1, -0.05) is 47.5 Å². The number of para-hydroxylation sites is 1. The van der Waals surface area contributed by atoms with Crippen LogP contribution >= 0.6 is 23.2 Å². The van der Waals surface area contributed by atoms with Gasteiger partial charge in [-0.15, -0.1) is 0 Å². The number of halogens is 2. The smallest absolute Gasteiger partial charge is 0.271 e. The molecule has 8 heteroatoms. The van der Waals surface area contributed by atoms with E-state index in [-0.39, 0.29) is 5.91 Å². The molecule has 0 unspecified atom stereocenters. The molecular weight excluding hydrogens is 437 g/mol. The van der Waals surface area contributed by atoms with Gasteiger partial charge in [0.25, 0.3) is 5.91 Å². The molecule has 0 bridgehead atoms. The van der Waals surface area contributed by atoms with Crippen LogP contribution in [0.1, 0.15) is 28.4 Å². The second kappa shape index (κ2) is 10.6. The van der Waals surface area contributed by atoms with Crippen molar-refractivity contribution in [2.45, 2.75) is 13.5 Å². The van der Waals surface area contributed by atoms with Gasteiger partial charge in [0.2, 0.25) is 5.91 Å². The predicted octanol–water partition coefficient (Wildman–Crippen LogP) is 5.29. The number of benzene rings is 3. The van der Waals surface area contributed by atoms with Crippen LogP contribution in [-0.2, 0) is 11.4 Å². The van der Waals surface area contributed by atoms with E-state index < -0.39 is 5.91 Å². The largest absolute Gasteiger partial charge is 0.488 e. The van der Waals surface area contributed by atoms with E-state index in [1.807, 2.05) is 24.3 Å². The fourth-order valence-electron chi connectivity index (χ4n) is 2.68. The van der Waals surface area contributed by atoms with Crippen molar-refractivity contribution in [3.05, 3.63) is 93.5 Å². The Hall–Kier alpha value is -3.35. The van der Waals surface area contributed by atoms with Crippen LogP contribution in [0.5, 0.6) is 5.75 Å². The molecule has 0 saturated carbocycles. The van der Waals surface area contributed by atoms with Crippen LogP contribution in [0.2, 0.25) is 10.0 Å². The summed E-state index contributed by atoms with van der Waals surface area (Å²) < 4.78 is 5.87. The minimum absolute atomic E-state index is 0.215. The molecule has 0 aliphatic carbocycles. The molecule has 0 aliphatic heterocycles. The zero-order chi connectivity index (χ0) is 22.2. The zero-order valence-corrected chi connectivity index (χ0v) is 18.1. The van der Waals surface area contributed by atoms with E-state index >= 15 is 0 Å². The van der Waals surface area contributed by atoms with E-state index in [1.54, 1.807) is 42.5 Å². The third-order valence-corrected chi connectivity index (χ3v) is 4.85. The third-order valence-electron chi connectivity index (χ3n) is 4.11. The molecule has 3 aromatic carbocycles. The average molecular weight is 456 g/mol. The highest BCUT2D eigenvalue weighted by molar-refractivity contribution is 6.42. The number of hydrogen-bond donors (Lipinski definition) is 2. The molecular formula is C23H19Cl2N3O3. The van der Waals surface area contributed by atoms with Crippen molar-refractivity contribution >= 4 is 46.9 Å². The predicted molar refractivity (Wildman–Crippen MR) is 123 cm³/mol. The normalized spacial score (nSPS) is 10.7. The fourth-order valence-corrected chi connectivity index (χ4v) is 3.00. The Morgan fingerprint density at radius 3 is 2.58 bits per heavy atom. The Balaban J connectivity index is 1.64. The van der Waals surface area contributed by atoms with E-state index in [9.17, 15) is 9.59 Å². The van der Waals surface area contributed by atoms with Gasteiger partial charge in [-0.2, -0.15) is 5.10 Å². The van der Waals surface area contributed by atoms with Crippen molar-refractivity contribution in [2.24, 2.45) is 5.10 Å². The molecule has 0 aliphatic rings. The summed E-state index contributed by atoms with van der Waals surface area (Å²) in [5, 5.41) is 7.60. The standard InChI is InChI=1S/C23H19Cl2N3O3/c1-15(29)27-19-7-4-6-17(12-19)23(30)28-26-13-18-5-2-3-8-22(18)31-14-16-9-10-20(24)21(25)11-16/h2-13H,14H2,1H3,(H,27,29)(H,28,30)/b26-13-. The van der Waals surface area contributed by atoms with Crippen LogP contribution < -0.4 is 15.5 Å². The van der Waals surface area contributed by atoms with Gasteiger partial charge in [-0.05, 0) is 48.0 Å². The first-order valence-corrected chi connectivity index (χ1v) is 10.0. The first kappa shape index (κ1) is 22.3. The van der Waals surface area contributed by atoms with Gasteiger partial charge in [0.1, 0.15) is 12.4 Å². The lowest BCUT2D eigenvalue weighted by atomic mass is 10.2. The Kier molecular flexibility index (Phi) is 7.65. The second-order valence-electron chi connectivity index (χ2n) is 6.54. The number of rotatable bonds is 7. The summed E-state index contributed by atoms with van der Waals surface area (Å²) in [6.07, 6.45) is 1.50. The molecule has 3 aromatic rings.